The molecule has 2 fully saturated rings. The molecular weight excluding hydrogens is 320 g/mol. The molecule has 1 saturated heterocycles. The minimum atomic E-state index is 0.172. The van der Waals surface area contributed by atoms with Crippen LogP contribution in [0.3, 0.4) is 0 Å². The van der Waals surface area contributed by atoms with Crippen molar-refractivity contribution in [2.45, 2.75) is 31.1 Å². The molecule has 2 aromatic rings. The van der Waals surface area contributed by atoms with Crippen LogP contribution in [0.15, 0.2) is 24.3 Å². The Morgan fingerprint density at radius 1 is 1.42 bits per heavy atom. The number of rotatable bonds is 4. The van der Waals surface area contributed by atoms with Crippen LogP contribution in [-0.2, 0) is 4.79 Å². The van der Waals surface area contributed by atoms with Gasteiger partial charge in [0.15, 0.2) is 0 Å². The number of carbonyl (C=O) groups excluding carboxylic acids is 1. The number of aromatic nitrogens is 2. The number of hydrogen-bond donors (Lipinski definition) is 2. The molecule has 3 N–H and O–H groups in total. The molecule has 4 atom stereocenters. The summed E-state index contributed by atoms with van der Waals surface area (Å²) in [6, 6.07) is 8.31. The maximum absolute atomic E-state index is 12.5. The molecule has 4 rings (SSSR count). The number of nitrogens with zero attached hydrogens (tertiary/aromatic N) is 2. The van der Waals surface area contributed by atoms with Gasteiger partial charge >= 0.3 is 0 Å². The van der Waals surface area contributed by atoms with Gasteiger partial charge in [-0.1, -0.05) is 12.1 Å². The zero-order valence-corrected chi connectivity index (χ0v) is 14.8. The number of thioether (sulfide) groups is 1. The van der Waals surface area contributed by atoms with Crippen molar-refractivity contribution in [3.05, 3.63) is 30.1 Å². The minimum absolute atomic E-state index is 0.172. The second-order valence-electron chi connectivity index (χ2n) is 7.06. The van der Waals surface area contributed by atoms with Crippen molar-refractivity contribution in [1.82, 2.24) is 14.9 Å². The van der Waals surface area contributed by atoms with Gasteiger partial charge in [-0.05, 0) is 43.7 Å². The first-order valence-corrected chi connectivity index (χ1v) is 9.76. The average Bonchev–Trinajstić information content (AvgIpc) is 3.27. The summed E-state index contributed by atoms with van der Waals surface area (Å²) in [6.45, 7) is 3.85. The van der Waals surface area contributed by atoms with Gasteiger partial charge < -0.3 is 15.6 Å². The highest BCUT2D eigenvalue weighted by molar-refractivity contribution is 8.00. The minimum Gasteiger partial charge on any atom is -0.341 e. The first-order valence-electron chi connectivity index (χ1n) is 8.71. The molecule has 1 saturated carbocycles. The van der Waals surface area contributed by atoms with E-state index in [0.717, 1.165) is 36.4 Å². The molecule has 1 aliphatic heterocycles. The van der Waals surface area contributed by atoms with Crippen LogP contribution in [0.1, 0.15) is 30.8 Å². The molecule has 4 unspecified atom stereocenters. The summed E-state index contributed by atoms with van der Waals surface area (Å²) >= 11 is 1.65. The Balaban J connectivity index is 1.34. The molecule has 0 radical (unpaired) electrons. The third-order valence-corrected chi connectivity index (χ3v) is 6.65. The van der Waals surface area contributed by atoms with Crippen LogP contribution < -0.4 is 5.73 Å². The summed E-state index contributed by atoms with van der Waals surface area (Å²) in [7, 11) is 0. The highest BCUT2D eigenvalue weighted by Gasteiger charge is 2.42. The number of fused-ring (bicyclic) bond motifs is 2. The summed E-state index contributed by atoms with van der Waals surface area (Å²) in [6.07, 6.45) is 2.30. The molecule has 2 heterocycles. The van der Waals surface area contributed by atoms with E-state index in [1.54, 1.807) is 11.8 Å². The number of carbonyl (C=O) groups is 1. The number of likely N-dealkylation sites (tertiary alicyclic amines) is 1. The Labute approximate surface area is 146 Å². The third kappa shape index (κ3) is 2.93. The first kappa shape index (κ1) is 16.0. The summed E-state index contributed by atoms with van der Waals surface area (Å²) in [5.74, 6) is 2.83. The Bertz CT molecular complexity index is 712. The number of para-hydroxylation sites is 2. The van der Waals surface area contributed by atoms with E-state index in [9.17, 15) is 4.79 Å². The number of nitrogens with one attached hydrogen (secondary N) is 1. The molecule has 1 amide bonds. The zero-order chi connectivity index (χ0) is 16.7. The van der Waals surface area contributed by atoms with Crippen LogP contribution in [0.4, 0.5) is 0 Å². The summed E-state index contributed by atoms with van der Waals surface area (Å²) in [5, 5.41) is 0.172. The highest BCUT2D eigenvalue weighted by atomic mass is 32.2. The number of imidazole rings is 1. The average molecular weight is 344 g/mol. The van der Waals surface area contributed by atoms with E-state index >= 15 is 0 Å². The lowest BCUT2D eigenvalue weighted by atomic mass is 9.98. The Kier molecular flexibility index (Phi) is 4.26. The molecule has 24 heavy (non-hydrogen) atoms. The van der Waals surface area contributed by atoms with Gasteiger partial charge in [0.05, 0.1) is 22.0 Å². The monoisotopic (exact) mass is 344 g/mol. The quantitative estimate of drug-likeness (QED) is 0.894. The highest BCUT2D eigenvalue weighted by Crippen LogP contribution is 2.37. The predicted octanol–water partition coefficient (Wildman–Crippen LogP) is 2.55. The normalized spacial score (nSPS) is 27.6. The molecular formula is C18H24N4OS. The van der Waals surface area contributed by atoms with E-state index in [4.69, 9.17) is 5.73 Å². The summed E-state index contributed by atoms with van der Waals surface area (Å²) in [4.78, 5) is 22.5. The van der Waals surface area contributed by atoms with Crippen molar-refractivity contribution >= 4 is 28.7 Å². The van der Waals surface area contributed by atoms with E-state index < -0.39 is 0 Å². The first-order chi connectivity index (χ1) is 11.6. The fourth-order valence-electron chi connectivity index (χ4n) is 4.04. The number of H-pyrrole nitrogens is 1. The number of amides is 1. The molecule has 5 nitrogen and oxygen atoms in total. The van der Waals surface area contributed by atoms with Gasteiger partial charge in [-0.25, -0.2) is 4.98 Å². The van der Waals surface area contributed by atoms with Crippen LogP contribution in [0.2, 0.25) is 0 Å². The van der Waals surface area contributed by atoms with Gasteiger partial charge in [0, 0.05) is 19.1 Å². The van der Waals surface area contributed by atoms with Gasteiger partial charge in [-0.3, -0.25) is 4.79 Å². The Hall–Kier alpha value is -1.53. The zero-order valence-electron chi connectivity index (χ0n) is 13.9. The second-order valence-corrected chi connectivity index (χ2v) is 8.39. The fraction of sp³-hybridized carbons (Fsp3) is 0.556. The van der Waals surface area contributed by atoms with E-state index in [2.05, 4.69) is 16.9 Å². The van der Waals surface area contributed by atoms with Crippen LogP contribution >= 0.6 is 11.8 Å². The number of nitrogens with two attached hydrogens (primary N) is 1. The Morgan fingerprint density at radius 3 is 3.04 bits per heavy atom. The van der Waals surface area contributed by atoms with Crippen LogP contribution in [0.5, 0.6) is 0 Å². The van der Waals surface area contributed by atoms with E-state index in [1.165, 1.54) is 6.42 Å². The maximum Gasteiger partial charge on any atom is 0.232 e. The lowest BCUT2D eigenvalue weighted by Crippen LogP contribution is -2.34. The number of aromatic amines is 1. The van der Waals surface area contributed by atoms with Gasteiger partial charge in [0.1, 0.15) is 5.82 Å². The van der Waals surface area contributed by atoms with E-state index in [-0.39, 0.29) is 17.2 Å². The van der Waals surface area contributed by atoms with Crippen LogP contribution in [-0.4, -0.2) is 45.7 Å². The molecule has 1 aromatic carbocycles. The van der Waals surface area contributed by atoms with Crippen molar-refractivity contribution in [2.75, 3.05) is 18.8 Å². The topological polar surface area (TPSA) is 75.0 Å². The van der Waals surface area contributed by atoms with Gasteiger partial charge in [-0.15, -0.1) is 11.8 Å². The molecule has 0 spiro atoms. The lowest BCUT2D eigenvalue weighted by molar-refractivity contribution is -0.127. The van der Waals surface area contributed by atoms with Crippen molar-refractivity contribution < 1.29 is 4.79 Å². The molecule has 1 aliphatic carbocycles. The predicted molar refractivity (Wildman–Crippen MR) is 97.7 cm³/mol. The Morgan fingerprint density at radius 2 is 2.25 bits per heavy atom. The van der Waals surface area contributed by atoms with Gasteiger partial charge in [0.2, 0.25) is 5.91 Å². The van der Waals surface area contributed by atoms with Crippen LogP contribution in [0, 0.1) is 11.8 Å². The summed E-state index contributed by atoms with van der Waals surface area (Å²) in [5.41, 5.74) is 8.19. The molecule has 128 valence electrons. The summed E-state index contributed by atoms with van der Waals surface area (Å²) < 4.78 is 0. The number of benzene rings is 1. The van der Waals surface area contributed by atoms with Crippen molar-refractivity contribution in [3.8, 4) is 0 Å². The SMILES string of the molecule is CC(SCC(=O)N1CC2CCC(N)C2C1)c1nc2ccccc2[nH]1. The number of hydrogen-bond acceptors (Lipinski definition) is 4. The smallest absolute Gasteiger partial charge is 0.232 e. The van der Waals surface area contributed by atoms with Crippen molar-refractivity contribution in [3.63, 3.8) is 0 Å². The van der Waals surface area contributed by atoms with E-state index in [0.29, 0.717) is 17.6 Å². The molecule has 2 aliphatic rings. The molecule has 6 heteroatoms. The van der Waals surface area contributed by atoms with E-state index in [1.807, 2.05) is 29.2 Å². The van der Waals surface area contributed by atoms with Gasteiger partial charge in [-0.2, -0.15) is 0 Å². The van der Waals surface area contributed by atoms with Gasteiger partial charge in [0.25, 0.3) is 0 Å². The molecule has 0 bridgehead atoms. The second kappa shape index (κ2) is 6.41. The fourth-order valence-corrected chi connectivity index (χ4v) is 4.89. The van der Waals surface area contributed by atoms with Crippen LogP contribution in [0.25, 0.3) is 11.0 Å². The standard InChI is InChI=1S/C18H24N4OS/c1-11(18-20-15-4-2-3-5-16(15)21-18)24-10-17(23)22-8-12-6-7-14(19)13(12)9-22/h2-5,11-14H,6-10,19H2,1H3,(H,20,21). The van der Waals surface area contributed by atoms with Crippen molar-refractivity contribution in [1.29, 1.82) is 0 Å². The maximum atomic E-state index is 12.5. The largest absolute Gasteiger partial charge is 0.341 e. The third-order valence-electron chi connectivity index (χ3n) is 5.51. The lowest BCUT2D eigenvalue weighted by Gasteiger charge is -2.19. The molecule has 1 aromatic heterocycles. The van der Waals surface area contributed by atoms with Crippen molar-refractivity contribution in [2.24, 2.45) is 17.6 Å².